The van der Waals surface area contributed by atoms with Crippen molar-refractivity contribution in [3.05, 3.63) is 23.3 Å². The summed E-state index contributed by atoms with van der Waals surface area (Å²) in [6.07, 6.45) is 2.36. The number of nitrogens with one attached hydrogen (secondary N) is 2. The monoisotopic (exact) mass is 371 g/mol. The first-order valence-corrected chi connectivity index (χ1v) is 9.39. The molecule has 1 aromatic carbocycles. The van der Waals surface area contributed by atoms with Crippen molar-refractivity contribution < 1.29 is 23.9 Å². The fourth-order valence-electron chi connectivity index (χ4n) is 4.37. The normalized spacial score (nSPS) is 26.1. The van der Waals surface area contributed by atoms with Gasteiger partial charge in [0.25, 0.3) is 5.91 Å². The van der Waals surface area contributed by atoms with Crippen LogP contribution in [0.5, 0.6) is 11.5 Å². The Kier molecular flexibility index (Phi) is 3.65. The average molecular weight is 371 g/mol. The van der Waals surface area contributed by atoms with Crippen LogP contribution in [0.2, 0.25) is 0 Å². The minimum absolute atomic E-state index is 0.201. The third-order valence-electron chi connectivity index (χ3n) is 5.92. The fourth-order valence-corrected chi connectivity index (χ4v) is 4.37. The number of carbonyl (C=O) groups excluding carboxylic acids is 3. The SMILES string of the molecule is O=C1CC[C@H](N2Cc3cc4c(cc3C2=O)OCC2(CCNCC2)O4)C(=O)N1. The third kappa shape index (κ3) is 2.66. The van der Waals surface area contributed by atoms with Crippen LogP contribution >= 0.6 is 0 Å². The molecular formula is C19H21N3O5. The van der Waals surface area contributed by atoms with E-state index in [1.165, 1.54) is 4.90 Å². The number of nitrogens with zero attached hydrogens (tertiary/aromatic N) is 1. The maximum atomic E-state index is 12.9. The number of carbonyl (C=O) groups is 3. The van der Waals surface area contributed by atoms with Gasteiger partial charge in [0.15, 0.2) is 11.5 Å². The molecule has 0 aliphatic carbocycles. The highest BCUT2D eigenvalue weighted by Gasteiger charge is 2.43. The molecule has 27 heavy (non-hydrogen) atoms. The van der Waals surface area contributed by atoms with Crippen molar-refractivity contribution in [3.63, 3.8) is 0 Å². The van der Waals surface area contributed by atoms with Gasteiger partial charge in [-0.3, -0.25) is 19.7 Å². The van der Waals surface area contributed by atoms with Gasteiger partial charge in [0.2, 0.25) is 11.8 Å². The largest absolute Gasteiger partial charge is 0.485 e. The molecule has 1 aromatic rings. The molecule has 4 aliphatic rings. The summed E-state index contributed by atoms with van der Waals surface area (Å²) in [5, 5.41) is 5.65. The molecule has 1 atom stereocenters. The summed E-state index contributed by atoms with van der Waals surface area (Å²) in [5.41, 5.74) is 1.07. The summed E-state index contributed by atoms with van der Waals surface area (Å²) in [4.78, 5) is 37.9. The first kappa shape index (κ1) is 16.6. The van der Waals surface area contributed by atoms with Gasteiger partial charge in [0.05, 0.1) is 0 Å². The second-order valence-electron chi connectivity index (χ2n) is 7.68. The predicted octanol–water partition coefficient (Wildman–Crippen LogP) is 0.341. The van der Waals surface area contributed by atoms with Crippen molar-refractivity contribution in [1.82, 2.24) is 15.5 Å². The number of hydrogen-bond donors (Lipinski definition) is 2. The van der Waals surface area contributed by atoms with E-state index in [4.69, 9.17) is 9.47 Å². The second-order valence-corrected chi connectivity index (χ2v) is 7.68. The van der Waals surface area contributed by atoms with Gasteiger partial charge in [-0.05, 0) is 37.2 Å². The van der Waals surface area contributed by atoms with Gasteiger partial charge in [-0.15, -0.1) is 0 Å². The Morgan fingerprint density at radius 3 is 2.70 bits per heavy atom. The maximum absolute atomic E-state index is 12.9. The Balaban J connectivity index is 1.41. The summed E-state index contributed by atoms with van der Waals surface area (Å²) >= 11 is 0. The number of ether oxygens (including phenoxy) is 2. The first-order valence-electron chi connectivity index (χ1n) is 9.39. The van der Waals surface area contributed by atoms with Gasteiger partial charge in [-0.25, -0.2) is 0 Å². The molecule has 2 saturated heterocycles. The maximum Gasteiger partial charge on any atom is 0.255 e. The molecule has 0 unspecified atom stereocenters. The number of rotatable bonds is 1. The summed E-state index contributed by atoms with van der Waals surface area (Å²) in [6, 6.07) is 2.99. The molecule has 5 rings (SSSR count). The molecule has 0 saturated carbocycles. The van der Waals surface area contributed by atoms with E-state index in [1.807, 2.05) is 6.07 Å². The predicted molar refractivity (Wildman–Crippen MR) is 93.4 cm³/mol. The molecule has 3 amide bonds. The lowest BCUT2D eigenvalue weighted by atomic mass is 9.92. The molecule has 2 N–H and O–H groups in total. The van der Waals surface area contributed by atoms with E-state index in [1.54, 1.807) is 6.07 Å². The lowest BCUT2D eigenvalue weighted by Gasteiger charge is -2.41. The van der Waals surface area contributed by atoms with E-state index in [2.05, 4.69) is 10.6 Å². The summed E-state index contributed by atoms with van der Waals surface area (Å²) in [6.45, 7) is 2.61. The lowest BCUT2D eigenvalue weighted by Crippen LogP contribution is -2.52. The number of amides is 3. The standard InChI is InChI=1S/C19H21N3O5/c23-16-2-1-13(17(24)21-16)22-9-11-7-15-14(8-12(11)18(22)25)26-10-19(27-15)3-5-20-6-4-19/h7-8,13,20H,1-6,9-10H2,(H,21,23,24)/t13-/m0/s1. The van der Waals surface area contributed by atoms with Crippen LogP contribution in [0.3, 0.4) is 0 Å². The van der Waals surface area contributed by atoms with Gasteiger partial charge in [0, 0.05) is 31.4 Å². The van der Waals surface area contributed by atoms with Gasteiger partial charge in [-0.1, -0.05) is 0 Å². The van der Waals surface area contributed by atoms with Gasteiger partial charge in [-0.2, -0.15) is 0 Å². The molecule has 2 fully saturated rings. The molecular weight excluding hydrogens is 350 g/mol. The average Bonchev–Trinajstić information content (AvgIpc) is 2.96. The van der Waals surface area contributed by atoms with Crippen LogP contribution < -0.4 is 20.1 Å². The number of benzene rings is 1. The molecule has 8 nitrogen and oxygen atoms in total. The van der Waals surface area contributed by atoms with Crippen LogP contribution in [0.4, 0.5) is 0 Å². The summed E-state index contributed by atoms with van der Waals surface area (Å²) < 4.78 is 12.3. The molecule has 0 aromatic heterocycles. The third-order valence-corrected chi connectivity index (χ3v) is 5.92. The van der Waals surface area contributed by atoms with E-state index in [0.717, 1.165) is 31.5 Å². The van der Waals surface area contributed by atoms with Crippen LogP contribution in [0.25, 0.3) is 0 Å². The van der Waals surface area contributed by atoms with E-state index in [0.29, 0.717) is 36.6 Å². The zero-order valence-electron chi connectivity index (χ0n) is 14.9. The van der Waals surface area contributed by atoms with Crippen molar-refractivity contribution in [3.8, 4) is 11.5 Å². The van der Waals surface area contributed by atoms with Crippen molar-refractivity contribution in [1.29, 1.82) is 0 Å². The fraction of sp³-hybridized carbons (Fsp3) is 0.526. The Morgan fingerprint density at radius 1 is 1.11 bits per heavy atom. The van der Waals surface area contributed by atoms with Gasteiger partial charge >= 0.3 is 0 Å². The Hall–Kier alpha value is -2.61. The Bertz CT molecular complexity index is 846. The number of hydrogen-bond acceptors (Lipinski definition) is 6. The molecule has 4 aliphatic heterocycles. The minimum Gasteiger partial charge on any atom is -0.485 e. The number of piperidine rings is 2. The molecule has 8 heteroatoms. The van der Waals surface area contributed by atoms with Crippen molar-refractivity contribution in [2.24, 2.45) is 0 Å². The van der Waals surface area contributed by atoms with Crippen LogP contribution in [0.1, 0.15) is 41.6 Å². The Labute approximate surface area is 156 Å². The van der Waals surface area contributed by atoms with Crippen LogP contribution in [0, 0.1) is 0 Å². The second kappa shape index (κ2) is 5.95. The zero-order valence-corrected chi connectivity index (χ0v) is 14.9. The van der Waals surface area contributed by atoms with Gasteiger partial charge in [0.1, 0.15) is 18.2 Å². The van der Waals surface area contributed by atoms with Crippen LogP contribution in [-0.4, -0.2) is 54.0 Å². The topological polar surface area (TPSA) is 97.0 Å². The summed E-state index contributed by atoms with van der Waals surface area (Å²) in [7, 11) is 0. The number of imide groups is 1. The molecule has 142 valence electrons. The molecule has 1 spiro atoms. The zero-order chi connectivity index (χ0) is 18.6. The van der Waals surface area contributed by atoms with Crippen LogP contribution in [-0.2, 0) is 16.1 Å². The van der Waals surface area contributed by atoms with Gasteiger partial charge < -0.3 is 19.7 Å². The summed E-state index contributed by atoms with van der Waals surface area (Å²) in [5.74, 6) is 0.354. The molecule has 0 radical (unpaired) electrons. The Morgan fingerprint density at radius 2 is 1.93 bits per heavy atom. The molecule has 4 heterocycles. The van der Waals surface area contributed by atoms with Crippen LogP contribution in [0.15, 0.2) is 12.1 Å². The van der Waals surface area contributed by atoms with E-state index in [-0.39, 0.29) is 23.8 Å². The van der Waals surface area contributed by atoms with Crippen molar-refractivity contribution in [2.75, 3.05) is 19.7 Å². The van der Waals surface area contributed by atoms with Crippen molar-refractivity contribution in [2.45, 2.75) is 43.9 Å². The van der Waals surface area contributed by atoms with Crippen molar-refractivity contribution >= 4 is 17.7 Å². The molecule has 0 bridgehead atoms. The quantitative estimate of drug-likeness (QED) is 0.691. The van der Waals surface area contributed by atoms with E-state index >= 15 is 0 Å². The highest BCUT2D eigenvalue weighted by atomic mass is 16.6. The van der Waals surface area contributed by atoms with E-state index < -0.39 is 11.9 Å². The lowest BCUT2D eigenvalue weighted by molar-refractivity contribution is -0.136. The number of fused-ring (bicyclic) bond motifs is 2. The first-order chi connectivity index (χ1) is 13.0. The highest BCUT2D eigenvalue weighted by Crippen LogP contribution is 2.42. The smallest absolute Gasteiger partial charge is 0.255 e. The minimum atomic E-state index is -0.614. The highest BCUT2D eigenvalue weighted by molar-refractivity contribution is 6.05. The van der Waals surface area contributed by atoms with E-state index in [9.17, 15) is 14.4 Å².